The van der Waals surface area contributed by atoms with Gasteiger partial charge >= 0.3 is 0 Å². The lowest BCUT2D eigenvalue weighted by molar-refractivity contribution is 0.122. The summed E-state index contributed by atoms with van der Waals surface area (Å²) in [5.41, 5.74) is 0.797. The molecule has 144 valence electrons. The van der Waals surface area contributed by atoms with Crippen LogP contribution >= 0.6 is 0 Å². The molecule has 4 rings (SSSR count). The van der Waals surface area contributed by atoms with Crippen molar-refractivity contribution in [3.05, 3.63) is 48.0 Å². The molecular weight excluding hydrogens is 345 g/mol. The Morgan fingerprint density at radius 3 is 2.26 bits per heavy atom. The Morgan fingerprint density at radius 1 is 0.889 bits per heavy atom. The van der Waals surface area contributed by atoms with E-state index in [1.807, 2.05) is 12.1 Å². The van der Waals surface area contributed by atoms with E-state index in [4.69, 9.17) is 4.74 Å². The minimum Gasteiger partial charge on any atom is -0.378 e. The first-order valence-corrected chi connectivity index (χ1v) is 9.65. The van der Waals surface area contributed by atoms with Crippen LogP contribution in [0.3, 0.4) is 0 Å². The molecule has 0 amide bonds. The van der Waals surface area contributed by atoms with E-state index in [0.717, 1.165) is 82.6 Å². The van der Waals surface area contributed by atoms with E-state index in [-0.39, 0.29) is 5.82 Å². The van der Waals surface area contributed by atoms with E-state index in [1.165, 1.54) is 6.07 Å². The van der Waals surface area contributed by atoms with Crippen molar-refractivity contribution in [3.63, 3.8) is 0 Å². The van der Waals surface area contributed by atoms with Crippen LogP contribution in [0, 0.1) is 5.82 Å². The lowest BCUT2D eigenvalue weighted by atomic mass is 10.1. The zero-order valence-electron chi connectivity index (χ0n) is 15.6. The predicted molar refractivity (Wildman–Crippen MR) is 104 cm³/mol. The Kier molecular flexibility index (Phi) is 5.79. The molecule has 0 atom stereocenters. The fourth-order valence-corrected chi connectivity index (χ4v) is 3.66. The van der Waals surface area contributed by atoms with Crippen LogP contribution in [0.4, 0.5) is 16.0 Å². The van der Waals surface area contributed by atoms with Crippen LogP contribution < -0.4 is 9.80 Å². The normalized spacial score (nSPS) is 18.7. The number of rotatable bonds is 5. The number of hydrogen-bond donors (Lipinski definition) is 0. The van der Waals surface area contributed by atoms with E-state index in [2.05, 4.69) is 30.7 Å². The summed E-state index contributed by atoms with van der Waals surface area (Å²) in [6.07, 6.45) is 2.41. The highest BCUT2D eigenvalue weighted by molar-refractivity contribution is 5.50. The maximum absolute atomic E-state index is 13.8. The molecule has 0 saturated carbocycles. The molecule has 0 radical (unpaired) electrons. The molecule has 7 heteroatoms. The largest absolute Gasteiger partial charge is 0.378 e. The zero-order valence-corrected chi connectivity index (χ0v) is 15.6. The van der Waals surface area contributed by atoms with Crippen LogP contribution in [-0.2, 0) is 11.2 Å². The standard InChI is InChI=1S/C20H26FN5O/c21-18-4-2-1-3-17(18)5-6-24-7-9-25(10-8-24)19-15-20(23-16-22-19)26-11-13-27-14-12-26/h1-4,15-16H,5-14H2. The molecule has 0 aliphatic carbocycles. The van der Waals surface area contributed by atoms with Gasteiger partial charge in [-0.3, -0.25) is 4.90 Å². The van der Waals surface area contributed by atoms with Crippen molar-refractivity contribution in [2.75, 3.05) is 68.8 Å². The second kappa shape index (κ2) is 8.63. The van der Waals surface area contributed by atoms with E-state index >= 15 is 0 Å². The van der Waals surface area contributed by atoms with Gasteiger partial charge in [0, 0.05) is 51.9 Å². The van der Waals surface area contributed by atoms with Gasteiger partial charge in [0.2, 0.25) is 0 Å². The van der Waals surface area contributed by atoms with E-state index in [9.17, 15) is 4.39 Å². The van der Waals surface area contributed by atoms with Gasteiger partial charge in [0.15, 0.2) is 0 Å². The maximum Gasteiger partial charge on any atom is 0.134 e. The first kappa shape index (κ1) is 18.1. The lowest BCUT2D eigenvalue weighted by Crippen LogP contribution is -2.47. The van der Waals surface area contributed by atoms with E-state index in [0.29, 0.717) is 0 Å². The van der Waals surface area contributed by atoms with Gasteiger partial charge in [0.1, 0.15) is 23.8 Å². The number of benzene rings is 1. The SMILES string of the molecule is Fc1ccccc1CCN1CCN(c2cc(N3CCOCC3)ncn2)CC1. The maximum atomic E-state index is 13.8. The molecule has 3 heterocycles. The molecule has 0 spiro atoms. The molecule has 2 saturated heterocycles. The Morgan fingerprint density at radius 2 is 1.56 bits per heavy atom. The van der Waals surface area contributed by atoms with Gasteiger partial charge in [-0.2, -0.15) is 0 Å². The summed E-state index contributed by atoms with van der Waals surface area (Å²) in [6.45, 7) is 7.92. The van der Waals surface area contributed by atoms with Crippen LogP contribution in [0.15, 0.2) is 36.7 Å². The van der Waals surface area contributed by atoms with Crippen molar-refractivity contribution in [2.24, 2.45) is 0 Å². The molecule has 2 aliphatic rings. The van der Waals surface area contributed by atoms with Crippen molar-refractivity contribution in [2.45, 2.75) is 6.42 Å². The number of hydrogen-bond acceptors (Lipinski definition) is 6. The third-order valence-corrected chi connectivity index (χ3v) is 5.32. The summed E-state index contributed by atoms with van der Waals surface area (Å²) in [5, 5.41) is 0. The quantitative estimate of drug-likeness (QED) is 0.799. The van der Waals surface area contributed by atoms with Crippen molar-refractivity contribution in [3.8, 4) is 0 Å². The Bertz CT molecular complexity index is 745. The first-order valence-electron chi connectivity index (χ1n) is 9.65. The summed E-state index contributed by atoms with van der Waals surface area (Å²) in [5.74, 6) is 1.86. The van der Waals surface area contributed by atoms with Gasteiger partial charge in [-0.25, -0.2) is 14.4 Å². The van der Waals surface area contributed by atoms with E-state index in [1.54, 1.807) is 12.4 Å². The third kappa shape index (κ3) is 4.54. The van der Waals surface area contributed by atoms with Crippen molar-refractivity contribution < 1.29 is 9.13 Å². The molecule has 0 bridgehead atoms. The van der Waals surface area contributed by atoms with Crippen LogP contribution in [0.25, 0.3) is 0 Å². The molecule has 0 N–H and O–H groups in total. The monoisotopic (exact) mass is 371 g/mol. The zero-order chi connectivity index (χ0) is 18.5. The molecule has 2 aromatic rings. The van der Waals surface area contributed by atoms with Gasteiger partial charge in [-0.15, -0.1) is 0 Å². The second-order valence-electron chi connectivity index (χ2n) is 7.00. The highest BCUT2D eigenvalue weighted by atomic mass is 19.1. The fraction of sp³-hybridized carbons (Fsp3) is 0.500. The Labute approximate surface area is 159 Å². The number of nitrogens with zero attached hydrogens (tertiary/aromatic N) is 5. The van der Waals surface area contributed by atoms with Crippen molar-refractivity contribution >= 4 is 11.6 Å². The summed E-state index contributed by atoms with van der Waals surface area (Å²) < 4.78 is 19.2. The van der Waals surface area contributed by atoms with Gasteiger partial charge in [-0.1, -0.05) is 18.2 Å². The van der Waals surface area contributed by atoms with Crippen molar-refractivity contribution in [1.82, 2.24) is 14.9 Å². The van der Waals surface area contributed by atoms with Gasteiger partial charge in [0.25, 0.3) is 0 Å². The highest BCUT2D eigenvalue weighted by Gasteiger charge is 2.20. The summed E-state index contributed by atoms with van der Waals surface area (Å²) in [6, 6.07) is 9.14. The summed E-state index contributed by atoms with van der Waals surface area (Å²) in [7, 11) is 0. The summed E-state index contributed by atoms with van der Waals surface area (Å²) >= 11 is 0. The van der Waals surface area contributed by atoms with Gasteiger partial charge < -0.3 is 14.5 Å². The number of aromatic nitrogens is 2. The van der Waals surface area contributed by atoms with Crippen LogP contribution in [0.5, 0.6) is 0 Å². The average molecular weight is 371 g/mol. The van der Waals surface area contributed by atoms with Crippen LogP contribution in [-0.4, -0.2) is 73.9 Å². The fourth-order valence-electron chi connectivity index (χ4n) is 3.66. The Balaban J connectivity index is 1.30. The molecule has 27 heavy (non-hydrogen) atoms. The number of ether oxygens (including phenoxy) is 1. The first-order chi connectivity index (χ1) is 13.3. The number of morpholine rings is 1. The van der Waals surface area contributed by atoms with Gasteiger partial charge in [-0.05, 0) is 18.1 Å². The highest BCUT2D eigenvalue weighted by Crippen LogP contribution is 2.20. The lowest BCUT2D eigenvalue weighted by Gasteiger charge is -2.36. The topological polar surface area (TPSA) is 44.7 Å². The molecule has 1 aromatic heterocycles. The predicted octanol–water partition coefficient (Wildman–Crippen LogP) is 1.82. The minimum absolute atomic E-state index is 0.104. The molecule has 2 aliphatic heterocycles. The number of piperazine rings is 1. The average Bonchev–Trinajstić information content (AvgIpc) is 2.74. The number of anilines is 2. The third-order valence-electron chi connectivity index (χ3n) is 5.32. The second-order valence-corrected chi connectivity index (χ2v) is 7.00. The summed E-state index contributed by atoms with van der Waals surface area (Å²) in [4.78, 5) is 15.9. The van der Waals surface area contributed by atoms with Gasteiger partial charge in [0.05, 0.1) is 13.2 Å². The number of halogens is 1. The molecular formula is C20H26FN5O. The van der Waals surface area contributed by atoms with Crippen LogP contribution in [0.2, 0.25) is 0 Å². The molecule has 6 nitrogen and oxygen atoms in total. The minimum atomic E-state index is -0.104. The smallest absolute Gasteiger partial charge is 0.134 e. The van der Waals surface area contributed by atoms with Crippen LogP contribution in [0.1, 0.15) is 5.56 Å². The molecule has 2 fully saturated rings. The van der Waals surface area contributed by atoms with Crippen molar-refractivity contribution in [1.29, 1.82) is 0 Å². The Hall–Kier alpha value is -2.25. The molecule has 0 unspecified atom stereocenters. The van der Waals surface area contributed by atoms with E-state index < -0.39 is 0 Å². The molecule has 1 aromatic carbocycles.